The zero-order valence-corrected chi connectivity index (χ0v) is 13.1. The second kappa shape index (κ2) is 6.53. The van der Waals surface area contributed by atoms with Crippen molar-refractivity contribution in [3.63, 3.8) is 0 Å². The summed E-state index contributed by atoms with van der Waals surface area (Å²) in [6, 6.07) is 5.76. The van der Waals surface area contributed by atoms with Crippen molar-refractivity contribution >= 4 is 21.8 Å². The summed E-state index contributed by atoms with van der Waals surface area (Å²) in [6.07, 6.45) is 2.60. The van der Waals surface area contributed by atoms with E-state index in [4.69, 9.17) is 4.74 Å². The van der Waals surface area contributed by atoms with Crippen LogP contribution in [0.5, 0.6) is 0 Å². The number of hydrogen-bond acceptors (Lipinski definition) is 2. The molecule has 2 rings (SSSR count). The molecule has 1 fully saturated rings. The van der Waals surface area contributed by atoms with Gasteiger partial charge in [-0.25, -0.2) is 0 Å². The molecule has 1 aromatic rings. The number of likely N-dealkylation sites (N-methyl/N-ethyl adjacent to an activating group) is 1. The first-order chi connectivity index (χ1) is 9.06. The van der Waals surface area contributed by atoms with Crippen LogP contribution in [0.25, 0.3) is 0 Å². The molecule has 0 bridgehead atoms. The molecule has 0 aliphatic heterocycles. The summed E-state index contributed by atoms with van der Waals surface area (Å²) in [5.41, 5.74) is 1.80. The number of ether oxygens (including phenoxy) is 1. The summed E-state index contributed by atoms with van der Waals surface area (Å²) in [4.78, 5) is 14.0. The topological polar surface area (TPSA) is 29.5 Å². The lowest BCUT2D eigenvalue weighted by Crippen LogP contribution is -2.30. The van der Waals surface area contributed by atoms with Gasteiger partial charge in [-0.15, -0.1) is 0 Å². The second-order valence-electron chi connectivity index (χ2n) is 5.26. The van der Waals surface area contributed by atoms with Crippen molar-refractivity contribution in [2.45, 2.75) is 19.8 Å². The van der Waals surface area contributed by atoms with Crippen molar-refractivity contribution in [2.24, 2.45) is 5.92 Å². The third kappa shape index (κ3) is 4.62. The molecule has 0 aromatic heterocycles. The van der Waals surface area contributed by atoms with Gasteiger partial charge in [0.1, 0.15) is 0 Å². The lowest BCUT2D eigenvalue weighted by molar-refractivity contribution is 0.0681. The highest BCUT2D eigenvalue weighted by Crippen LogP contribution is 2.28. The van der Waals surface area contributed by atoms with E-state index in [0.717, 1.165) is 28.1 Å². The summed E-state index contributed by atoms with van der Waals surface area (Å²) in [5.74, 6) is 0.813. The van der Waals surface area contributed by atoms with E-state index in [2.05, 4.69) is 15.9 Å². The van der Waals surface area contributed by atoms with Gasteiger partial charge in [0.15, 0.2) is 0 Å². The minimum Gasteiger partial charge on any atom is -0.379 e. The van der Waals surface area contributed by atoms with E-state index in [-0.39, 0.29) is 5.91 Å². The number of hydrogen-bond donors (Lipinski definition) is 0. The van der Waals surface area contributed by atoms with Gasteiger partial charge < -0.3 is 9.64 Å². The maximum absolute atomic E-state index is 12.2. The fourth-order valence-electron chi connectivity index (χ4n) is 1.92. The largest absolute Gasteiger partial charge is 0.379 e. The molecule has 0 radical (unpaired) electrons. The summed E-state index contributed by atoms with van der Waals surface area (Å²) < 4.78 is 6.50. The molecule has 1 aliphatic carbocycles. The SMILES string of the molecule is Cc1cc(Br)cc(C(=O)N(C)CCOCC2CC2)c1. The van der Waals surface area contributed by atoms with Crippen molar-refractivity contribution in [1.82, 2.24) is 4.90 Å². The third-order valence-electron chi connectivity index (χ3n) is 3.26. The van der Waals surface area contributed by atoms with Crippen LogP contribution >= 0.6 is 15.9 Å². The van der Waals surface area contributed by atoms with Gasteiger partial charge in [-0.1, -0.05) is 15.9 Å². The second-order valence-corrected chi connectivity index (χ2v) is 6.18. The molecule has 1 aliphatic rings. The first-order valence-corrected chi connectivity index (χ1v) is 7.46. The van der Waals surface area contributed by atoms with E-state index in [0.29, 0.717) is 13.2 Å². The summed E-state index contributed by atoms with van der Waals surface area (Å²) in [6.45, 7) is 4.08. The number of nitrogens with zero attached hydrogens (tertiary/aromatic N) is 1. The number of halogens is 1. The third-order valence-corrected chi connectivity index (χ3v) is 3.72. The molecule has 19 heavy (non-hydrogen) atoms. The minimum absolute atomic E-state index is 0.0411. The van der Waals surface area contributed by atoms with Gasteiger partial charge in [0, 0.05) is 30.2 Å². The Kier molecular flexibility index (Phi) is 4.99. The Balaban J connectivity index is 1.82. The van der Waals surface area contributed by atoms with Crippen LogP contribution in [-0.4, -0.2) is 37.6 Å². The Hall–Kier alpha value is -0.870. The van der Waals surface area contributed by atoms with Gasteiger partial charge in [0.05, 0.1) is 6.61 Å². The molecular weight excluding hydrogens is 306 g/mol. The fourth-order valence-corrected chi connectivity index (χ4v) is 2.53. The minimum atomic E-state index is 0.0411. The Morgan fingerprint density at radius 3 is 2.79 bits per heavy atom. The molecule has 4 heteroatoms. The summed E-state index contributed by atoms with van der Waals surface area (Å²) >= 11 is 3.42. The van der Waals surface area contributed by atoms with Crippen molar-refractivity contribution in [3.05, 3.63) is 33.8 Å². The highest BCUT2D eigenvalue weighted by Gasteiger charge is 2.21. The van der Waals surface area contributed by atoms with E-state index in [1.54, 1.807) is 4.90 Å². The van der Waals surface area contributed by atoms with Crippen molar-refractivity contribution < 1.29 is 9.53 Å². The lowest BCUT2D eigenvalue weighted by Gasteiger charge is -2.17. The Labute approximate surface area is 123 Å². The van der Waals surface area contributed by atoms with Crippen LogP contribution in [0, 0.1) is 12.8 Å². The Morgan fingerprint density at radius 1 is 1.42 bits per heavy atom. The maximum atomic E-state index is 12.2. The van der Waals surface area contributed by atoms with E-state index >= 15 is 0 Å². The molecule has 1 saturated carbocycles. The molecule has 0 atom stereocenters. The first kappa shape index (κ1) is 14.5. The number of rotatable bonds is 6. The number of amides is 1. The van der Waals surface area contributed by atoms with Crippen LogP contribution in [0.3, 0.4) is 0 Å². The molecule has 0 saturated heterocycles. The van der Waals surface area contributed by atoms with Gasteiger partial charge in [-0.2, -0.15) is 0 Å². The molecule has 0 N–H and O–H groups in total. The Bertz CT molecular complexity index is 437. The van der Waals surface area contributed by atoms with Crippen LogP contribution in [0.4, 0.5) is 0 Å². The number of carbonyl (C=O) groups excluding carboxylic acids is 1. The standard InChI is InChI=1S/C15H20BrNO2/c1-11-7-13(9-14(16)8-11)15(18)17(2)5-6-19-10-12-3-4-12/h7-9,12H,3-6,10H2,1-2H3. The molecule has 3 nitrogen and oxygen atoms in total. The van der Waals surface area contributed by atoms with Gasteiger partial charge in [-0.05, 0) is 49.4 Å². The van der Waals surface area contributed by atoms with E-state index < -0.39 is 0 Å². The zero-order chi connectivity index (χ0) is 13.8. The van der Waals surface area contributed by atoms with Crippen molar-refractivity contribution in [2.75, 3.05) is 26.8 Å². The van der Waals surface area contributed by atoms with Crippen LogP contribution in [0.2, 0.25) is 0 Å². The van der Waals surface area contributed by atoms with Gasteiger partial charge in [-0.3, -0.25) is 4.79 Å². The average Bonchev–Trinajstić information content (AvgIpc) is 3.16. The van der Waals surface area contributed by atoms with Crippen LogP contribution in [-0.2, 0) is 4.74 Å². The molecule has 104 valence electrons. The molecule has 0 heterocycles. The molecule has 1 amide bonds. The predicted molar refractivity (Wildman–Crippen MR) is 79.4 cm³/mol. The highest BCUT2D eigenvalue weighted by molar-refractivity contribution is 9.10. The normalized spacial score (nSPS) is 14.5. The van der Waals surface area contributed by atoms with E-state index in [1.165, 1.54) is 12.8 Å². The number of benzene rings is 1. The predicted octanol–water partition coefficient (Wildman–Crippen LogP) is 3.26. The maximum Gasteiger partial charge on any atom is 0.253 e. The number of carbonyl (C=O) groups is 1. The van der Waals surface area contributed by atoms with Crippen LogP contribution in [0.1, 0.15) is 28.8 Å². The lowest BCUT2D eigenvalue weighted by atomic mass is 10.1. The number of aryl methyl sites for hydroxylation is 1. The summed E-state index contributed by atoms with van der Waals surface area (Å²) in [5, 5.41) is 0. The quantitative estimate of drug-likeness (QED) is 0.751. The van der Waals surface area contributed by atoms with E-state index in [1.807, 2.05) is 32.2 Å². The smallest absolute Gasteiger partial charge is 0.253 e. The zero-order valence-electron chi connectivity index (χ0n) is 11.5. The highest BCUT2D eigenvalue weighted by atomic mass is 79.9. The van der Waals surface area contributed by atoms with Gasteiger partial charge in [0.2, 0.25) is 0 Å². The van der Waals surface area contributed by atoms with Gasteiger partial charge >= 0.3 is 0 Å². The molecular formula is C15H20BrNO2. The van der Waals surface area contributed by atoms with Crippen LogP contribution < -0.4 is 0 Å². The van der Waals surface area contributed by atoms with Gasteiger partial charge in [0.25, 0.3) is 5.91 Å². The molecule has 0 spiro atoms. The fraction of sp³-hybridized carbons (Fsp3) is 0.533. The van der Waals surface area contributed by atoms with Crippen molar-refractivity contribution in [3.8, 4) is 0 Å². The van der Waals surface area contributed by atoms with Crippen LogP contribution in [0.15, 0.2) is 22.7 Å². The van der Waals surface area contributed by atoms with Crippen molar-refractivity contribution in [1.29, 1.82) is 0 Å². The Morgan fingerprint density at radius 2 is 2.16 bits per heavy atom. The monoisotopic (exact) mass is 325 g/mol. The average molecular weight is 326 g/mol. The molecule has 0 unspecified atom stereocenters. The summed E-state index contributed by atoms with van der Waals surface area (Å²) in [7, 11) is 1.82. The van der Waals surface area contributed by atoms with E-state index in [9.17, 15) is 4.79 Å². The molecule has 1 aromatic carbocycles. The first-order valence-electron chi connectivity index (χ1n) is 6.66.